The van der Waals surface area contributed by atoms with E-state index in [1.807, 2.05) is 19.2 Å². The van der Waals surface area contributed by atoms with Gasteiger partial charge < -0.3 is 0 Å². The van der Waals surface area contributed by atoms with Crippen molar-refractivity contribution in [2.24, 2.45) is 0 Å². The van der Waals surface area contributed by atoms with Gasteiger partial charge in [-0.2, -0.15) is 0 Å². The van der Waals surface area contributed by atoms with Crippen molar-refractivity contribution in [3.05, 3.63) is 42.0 Å². The molecule has 0 unspecified atom stereocenters. The highest BCUT2D eigenvalue weighted by Gasteiger charge is 2.08. The van der Waals surface area contributed by atoms with Gasteiger partial charge in [0.05, 0.1) is 0 Å². The third-order valence-electron chi connectivity index (χ3n) is 2.57. The number of pyridine rings is 1. The average molecular weight is 213 g/mol. The van der Waals surface area contributed by atoms with Gasteiger partial charge in [0.15, 0.2) is 5.82 Å². The summed E-state index contributed by atoms with van der Waals surface area (Å²) in [6.45, 7) is 6.37. The SMILES string of the molecule is Cc1ncc(-c2ncccn2)cc1C(C)C. The van der Waals surface area contributed by atoms with Gasteiger partial charge in [0.25, 0.3) is 0 Å². The van der Waals surface area contributed by atoms with Crippen molar-refractivity contribution in [3.63, 3.8) is 0 Å². The summed E-state index contributed by atoms with van der Waals surface area (Å²) in [5.41, 5.74) is 3.31. The van der Waals surface area contributed by atoms with Crippen LogP contribution in [-0.4, -0.2) is 15.0 Å². The zero-order valence-electron chi connectivity index (χ0n) is 9.81. The number of nitrogens with zero attached hydrogens (tertiary/aromatic N) is 3. The highest BCUT2D eigenvalue weighted by molar-refractivity contribution is 5.55. The predicted octanol–water partition coefficient (Wildman–Crippen LogP) is 2.97. The Hall–Kier alpha value is -1.77. The second-order valence-electron chi connectivity index (χ2n) is 4.13. The molecule has 0 amide bonds. The average Bonchev–Trinajstić information content (AvgIpc) is 2.30. The van der Waals surface area contributed by atoms with E-state index in [9.17, 15) is 0 Å². The molecular weight excluding hydrogens is 198 g/mol. The van der Waals surface area contributed by atoms with Crippen LogP contribution in [0, 0.1) is 6.92 Å². The van der Waals surface area contributed by atoms with Gasteiger partial charge in [0, 0.05) is 29.8 Å². The van der Waals surface area contributed by atoms with E-state index in [2.05, 4.69) is 34.9 Å². The van der Waals surface area contributed by atoms with E-state index in [1.54, 1.807) is 12.4 Å². The lowest BCUT2D eigenvalue weighted by Gasteiger charge is -2.10. The van der Waals surface area contributed by atoms with Crippen molar-refractivity contribution < 1.29 is 0 Å². The van der Waals surface area contributed by atoms with E-state index >= 15 is 0 Å². The standard InChI is InChI=1S/C13H15N3/c1-9(2)12-7-11(8-16-10(12)3)13-14-5-4-6-15-13/h4-9H,1-3H3. The fourth-order valence-corrected chi connectivity index (χ4v) is 1.71. The number of hydrogen-bond acceptors (Lipinski definition) is 3. The molecule has 16 heavy (non-hydrogen) atoms. The fourth-order valence-electron chi connectivity index (χ4n) is 1.71. The normalized spacial score (nSPS) is 10.8. The van der Waals surface area contributed by atoms with Crippen molar-refractivity contribution in [3.8, 4) is 11.4 Å². The molecule has 2 heterocycles. The molecule has 0 fully saturated rings. The third-order valence-corrected chi connectivity index (χ3v) is 2.57. The van der Waals surface area contributed by atoms with Crippen LogP contribution in [0.3, 0.4) is 0 Å². The Bertz CT molecular complexity index is 478. The summed E-state index contributed by atoms with van der Waals surface area (Å²) < 4.78 is 0. The molecule has 2 aromatic heterocycles. The van der Waals surface area contributed by atoms with Crippen LogP contribution in [0.4, 0.5) is 0 Å². The zero-order chi connectivity index (χ0) is 11.5. The Morgan fingerprint density at radius 2 is 1.75 bits per heavy atom. The molecule has 0 spiro atoms. The van der Waals surface area contributed by atoms with Crippen molar-refractivity contribution in [2.75, 3.05) is 0 Å². The maximum atomic E-state index is 4.40. The van der Waals surface area contributed by atoms with Crippen LogP contribution in [0.5, 0.6) is 0 Å². The van der Waals surface area contributed by atoms with Gasteiger partial charge in [-0.3, -0.25) is 4.98 Å². The van der Waals surface area contributed by atoms with Gasteiger partial charge in [-0.25, -0.2) is 9.97 Å². The van der Waals surface area contributed by atoms with Crippen LogP contribution >= 0.6 is 0 Å². The van der Waals surface area contributed by atoms with E-state index in [1.165, 1.54) is 5.56 Å². The summed E-state index contributed by atoms with van der Waals surface area (Å²) in [6.07, 6.45) is 5.32. The van der Waals surface area contributed by atoms with Gasteiger partial charge in [0.2, 0.25) is 0 Å². The molecular formula is C13H15N3. The minimum atomic E-state index is 0.469. The number of hydrogen-bond donors (Lipinski definition) is 0. The summed E-state index contributed by atoms with van der Waals surface area (Å²) in [5, 5.41) is 0. The van der Waals surface area contributed by atoms with Crippen LogP contribution in [0.25, 0.3) is 11.4 Å². The Balaban J connectivity index is 2.48. The van der Waals surface area contributed by atoms with E-state index in [0.29, 0.717) is 5.92 Å². The van der Waals surface area contributed by atoms with Gasteiger partial charge >= 0.3 is 0 Å². The number of aryl methyl sites for hydroxylation is 1. The maximum absolute atomic E-state index is 4.40. The monoisotopic (exact) mass is 213 g/mol. The van der Waals surface area contributed by atoms with E-state index < -0.39 is 0 Å². The molecule has 0 atom stereocenters. The topological polar surface area (TPSA) is 38.7 Å². The smallest absolute Gasteiger partial charge is 0.160 e. The van der Waals surface area contributed by atoms with Crippen LogP contribution in [-0.2, 0) is 0 Å². The Morgan fingerprint density at radius 1 is 1.06 bits per heavy atom. The number of aromatic nitrogens is 3. The summed E-state index contributed by atoms with van der Waals surface area (Å²) >= 11 is 0. The second kappa shape index (κ2) is 4.39. The molecule has 3 heteroatoms. The lowest BCUT2D eigenvalue weighted by Crippen LogP contribution is -1.97. The molecule has 0 radical (unpaired) electrons. The van der Waals surface area contributed by atoms with Gasteiger partial charge in [-0.15, -0.1) is 0 Å². The molecule has 0 saturated heterocycles. The second-order valence-corrected chi connectivity index (χ2v) is 4.13. The van der Waals surface area contributed by atoms with E-state index in [4.69, 9.17) is 0 Å². The van der Waals surface area contributed by atoms with Crippen molar-refractivity contribution in [1.29, 1.82) is 0 Å². The Kier molecular flexibility index (Phi) is 2.95. The first-order valence-corrected chi connectivity index (χ1v) is 5.42. The molecule has 0 aromatic carbocycles. The quantitative estimate of drug-likeness (QED) is 0.769. The van der Waals surface area contributed by atoms with Crippen LogP contribution in [0.1, 0.15) is 31.0 Å². The molecule has 3 nitrogen and oxygen atoms in total. The lowest BCUT2D eigenvalue weighted by molar-refractivity contribution is 0.843. The predicted molar refractivity (Wildman–Crippen MR) is 64.1 cm³/mol. The third kappa shape index (κ3) is 2.08. The molecule has 0 aliphatic rings. The summed E-state index contributed by atoms with van der Waals surface area (Å²) in [7, 11) is 0. The minimum Gasteiger partial charge on any atom is -0.261 e. The summed E-state index contributed by atoms with van der Waals surface area (Å²) in [6, 6.07) is 3.94. The summed E-state index contributed by atoms with van der Waals surface area (Å²) in [4.78, 5) is 12.9. The largest absolute Gasteiger partial charge is 0.261 e. The first-order valence-electron chi connectivity index (χ1n) is 5.42. The molecule has 0 aliphatic heterocycles. The van der Waals surface area contributed by atoms with Gasteiger partial charge in [-0.1, -0.05) is 13.8 Å². The van der Waals surface area contributed by atoms with Gasteiger partial charge in [0.1, 0.15) is 0 Å². The van der Waals surface area contributed by atoms with Crippen molar-refractivity contribution in [1.82, 2.24) is 15.0 Å². The Morgan fingerprint density at radius 3 is 2.38 bits per heavy atom. The molecule has 2 aromatic rings. The minimum absolute atomic E-state index is 0.469. The van der Waals surface area contributed by atoms with Crippen molar-refractivity contribution in [2.45, 2.75) is 26.7 Å². The lowest BCUT2D eigenvalue weighted by atomic mass is 10.00. The van der Waals surface area contributed by atoms with Gasteiger partial charge in [-0.05, 0) is 30.5 Å². The first-order chi connectivity index (χ1) is 7.68. The number of rotatable bonds is 2. The Labute approximate surface area is 95.6 Å². The fraction of sp³-hybridized carbons (Fsp3) is 0.308. The summed E-state index contributed by atoms with van der Waals surface area (Å²) in [5.74, 6) is 1.20. The maximum Gasteiger partial charge on any atom is 0.160 e. The zero-order valence-corrected chi connectivity index (χ0v) is 9.81. The first kappa shape index (κ1) is 10.7. The molecule has 0 saturated carbocycles. The molecule has 0 aliphatic carbocycles. The van der Waals surface area contributed by atoms with Crippen molar-refractivity contribution >= 4 is 0 Å². The molecule has 2 rings (SSSR count). The van der Waals surface area contributed by atoms with Crippen LogP contribution in [0.2, 0.25) is 0 Å². The molecule has 0 N–H and O–H groups in total. The highest BCUT2D eigenvalue weighted by Crippen LogP contribution is 2.22. The van der Waals surface area contributed by atoms with Crippen LogP contribution in [0.15, 0.2) is 30.7 Å². The van der Waals surface area contributed by atoms with Crippen LogP contribution < -0.4 is 0 Å². The molecule has 0 bridgehead atoms. The molecule has 82 valence electrons. The van der Waals surface area contributed by atoms with E-state index in [-0.39, 0.29) is 0 Å². The van der Waals surface area contributed by atoms with E-state index in [0.717, 1.165) is 17.1 Å². The highest BCUT2D eigenvalue weighted by atomic mass is 14.9.